The number of methoxy groups -OCH3 is 1. The van der Waals surface area contributed by atoms with Crippen LogP contribution in [0.25, 0.3) is 0 Å². The molecule has 1 fully saturated rings. The summed E-state index contributed by atoms with van der Waals surface area (Å²) in [6.07, 6.45) is 1.12. The third-order valence-corrected chi connectivity index (χ3v) is 4.22. The van der Waals surface area contributed by atoms with Gasteiger partial charge in [0, 0.05) is 6.04 Å². The SMILES string of the molecule is COc1ccc(C(N)C2CCSC2)cc1F. The largest absolute Gasteiger partial charge is 0.494 e. The Kier molecular flexibility index (Phi) is 3.71. The molecular weight excluding hydrogens is 225 g/mol. The van der Waals surface area contributed by atoms with Crippen molar-refractivity contribution >= 4 is 11.8 Å². The number of hydrogen-bond donors (Lipinski definition) is 1. The molecule has 16 heavy (non-hydrogen) atoms. The second-order valence-electron chi connectivity index (χ2n) is 4.04. The van der Waals surface area contributed by atoms with Gasteiger partial charge in [0.2, 0.25) is 0 Å². The van der Waals surface area contributed by atoms with E-state index in [0.29, 0.717) is 5.92 Å². The molecule has 2 unspecified atom stereocenters. The Balaban J connectivity index is 2.16. The third kappa shape index (κ3) is 2.33. The third-order valence-electron chi connectivity index (χ3n) is 3.03. The van der Waals surface area contributed by atoms with Crippen LogP contribution < -0.4 is 10.5 Å². The molecule has 4 heteroatoms. The zero-order valence-corrected chi connectivity index (χ0v) is 10.1. The van der Waals surface area contributed by atoms with Crippen molar-refractivity contribution in [3.05, 3.63) is 29.6 Å². The van der Waals surface area contributed by atoms with Crippen molar-refractivity contribution in [3.8, 4) is 5.75 Å². The van der Waals surface area contributed by atoms with Gasteiger partial charge in [-0.25, -0.2) is 4.39 Å². The predicted molar refractivity (Wildman–Crippen MR) is 65.3 cm³/mol. The van der Waals surface area contributed by atoms with Gasteiger partial charge in [-0.2, -0.15) is 11.8 Å². The fraction of sp³-hybridized carbons (Fsp3) is 0.500. The van der Waals surface area contributed by atoms with E-state index in [0.717, 1.165) is 23.5 Å². The van der Waals surface area contributed by atoms with Crippen LogP contribution in [0.2, 0.25) is 0 Å². The van der Waals surface area contributed by atoms with Crippen molar-refractivity contribution in [2.75, 3.05) is 18.6 Å². The normalized spacial score (nSPS) is 22.1. The van der Waals surface area contributed by atoms with Gasteiger partial charge in [-0.1, -0.05) is 6.07 Å². The molecule has 0 amide bonds. The van der Waals surface area contributed by atoms with Crippen molar-refractivity contribution in [3.63, 3.8) is 0 Å². The Hall–Kier alpha value is -0.740. The van der Waals surface area contributed by atoms with Crippen LogP contribution in [-0.4, -0.2) is 18.6 Å². The fourth-order valence-electron chi connectivity index (χ4n) is 2.00. The van der Waals surface area contributed by atoms with E-state index < -0.39 is 0 Å². The molecule has 1 aromatic rings. The molecule has 88 valence electrons. The molecule has 1 saturated heterocycles. The standard InChI is InChI=1S/C12H16FNOS/c1-15-11-3-2-8(6-10(11)13)12(14)9-4-5-16-7-9/h2-3,6,9,12H,4-5,7,14H2,1H3. The topological polar surface area (TPSA) is 35.2 Å². The summed E-state index contributed by atoms with van der Waals surface area (Å²) in [5, 5.41) is 0. The van der Waals surface area contributed by atoms with E-state index >= 15 is 0 Å². The maximum atomic E-state index is 13.5. The molecular formula is C12H16FNOS. The zero-order chi connectivity index (χ0) is 11.5. The summed E-state index contributed by atoms with van der Waals surface area (Å²) in [4.78, 5) is 0. The number of thioether (sulfide) groups is 1. The number of halogens is 1. The second kappa shape index (κ2) is 5.06. The van der Waals surface area contributed by atoms with Crippen LogP contribution in [0, 0.1) is 11.7 Å². The molecule has 2 N–H and O–H groups in total. The molecule has 0 bridgehead atoms. The fourth-order valence-corrected chi connectivity index (χ4v) is 3.31. The van der Waals surface area contributed by atoms with E-state index in [2.05, 4.69) is 0 Å². The van der Waals surface area contributed by atoms with E-state index in [1.807, 2.05) is 17.8 Å². The number of nitrogens with two attached hydrogens (primary N) is 1. The lowest BCUT2D eigenvalue weighted by molar-refractivity contribution is 0.385. The van der Waals surface area contributed by atoms with Crippen LogP contribution >= 0.6 is 11.8 Å². The van der Waals surface area contributed by atoms with Gasteiger partial charge >= 0.3 is 0 Å². The number of benzene rings is 1. The minimum atomic E-state index is -0.332. The van der Waals surface area contributed by atoms with Gasteiger partial charge in [0.05, 0.1) is 7.11 Å². The lowest BCUT2D eigenvalue weighted by Gasteiger charge is -2.19. The molecule has 0 radical (unpaired) electrons. The smallest absolute Gasteiger partial charge is 0.165 e. The van der Waals surface area contributed by atoms with Crippen molar-refractivity contribution in [2.45, 2.75) is 12.5 Å². The summed E-state index contributed by atoms with van der Waals surface area (Å²) in [5.74, 6) is 2.65. The molecule has 2 nitrogen and oxygen atoms in total. The molecule has 2 atom stereocenters. The van der Waals surface area contributed by atoms with Crippen molar-refractivity contribution < 1.29 is 9.13 Å². The summed E-state index contributed by atoms with van der Waals surface area (Å²) in [6, 6.07) is 4.93. The highest BCUT2D eigenvalue weighted by Crippen LogP contribution is 2.33. The average molecular weight is 241 g/mol. The predicted octanol–water partition coefficient (Wildman–Crippen LogP) is 2.59. The first-order valence-corrected chi connectivity index (χ1v) is 6.54. The molecule has 1 aliphatic rings. The zero-order valence-electron chi connectivity index (χ0n) is 9.28. The van der Waals surface area contributed by atoms with Crippen LogP contribution in [0.5, 0.6) is 5.75 Å². The maximum Gasteiger partial charge on any atom is 0.165 e. The van der Waals surface area contributed by atoms with E-state index in [1.54, 1.807) is 6.07 Å². The van der Waals surface area contributed by atoms with E-state index in [-0.39, 0.29) is 17.6 Å². The Morgan fingerprint density at radius 3 is 2.94 bits per heavy atom. The number of hydrogen-bond acceptors (Lipinski definition) is 3. The van der Waals surface area contributed by atoms with Gasteiger partial charge in [-0.05, 0) is 41.5 Å². The van der Waals surface area contributed by atoms with E-state index in [9.17, 15) is 4.39 Å². The van der Waals surface area contributed by atoms with Gasteiger partial charge in [-0.15, -0.1) is 0 Å². The number of ether oxygens (including phenoxy) is 1. The Labute approximate surface area is 99.4 Å². The van der Waals surface area contributed by atoms with E-state index in [1.165, 1.54) is 13.2 Å². The maximum absolute atomic E-state index is 13.5. The quantitative estimate of drug-likeness (QED) is 0.883. The molecule has 0 aromatic heterocycles. The van der Waals surface area contributed by atoms with Crippen LogP contribution in [0.1, 0.15) is 18.0 Å². The summed E-state index contributed by atoms with van der Waals surface area (Å²) in [6.45, 7) is 0. The highest BCUT2D eigenvalue weighted by molar-refractivity contribution is 7.99. The van der Waals surface area contributed by atoms with Crippen LogP contribution in [0.15, 0.2) is 18.2 Å². The van der Waals surface area contributed by atoms with Crippen LogP contribution in [-0.2, 0) is 0 Å². The molecule has 1 aromatic carbocycles. The molecule has 2 rings (SSSR count). The summed E-state index contributed by atoms with van der Waals surface area (Å²) in [7, 11) is 1.46. The van der Waals surface area contributed by atoms with Crippen molar-refractivity contribution in [1.82, 2.24) is 0 Å². The van der Waals surface area contributed by atoms with Crippen molar-refractivity contribution in [1.29, 1.82) is 0 Å². The van der Waals surface area contributed by atoms with Crippen LogP contribution in [0.3, 0.4) is 0 Å². The second-order valence-corrected chi connectivity index (χ2v) is 5.19. The highest BCUT2D eigenvalue weighted by atomic mass is 32.2. The first-order chi connectivity index (χ1) is 7.72. The minimum Gasteiger partial charge on any atom is -0.494 e. The summed E-state index contributed by atoms with van der Waals surface area (Å²) < 4.78 is 18.4. The lowest BCUT2D eigenvalue weighted by atomic mass is 9.93. The first-order valence-electron chi connectivity index (χ1n) is 5.39. The molecule has 0 aliphatic carbocycles. The Morgan fingerprint density at radius 1 is 1.56 bits per heavy atom. The Bertz CT molecular complexity index is 366. The van der Waals surface area contributed by atoms with Crippen molar-refractivity contribution in [2.24, 2.45) is 11.7 Å². The monoisotopic (exact) mass is 241 g/mol. The summed E-state index contributed by atoms with van der Waals surface area (Å²) in [5.41, 5.74) is 7.01. The molecule has 1 aliphatic heterocycles. The van der Waals surface area contributed by atoms with Gasteiger partial charge in [0.1, 0.15) is 0 Å². The van der Waals surface area contributed by atoms with Gasteiger partial charge in [-0.3, -0.25) is 0 Å². The lowest BCUT2D eigenvalue weighted by Crippen LogP contribution is -2.21. The van der Waals surface area contributed by atoms with Gasteiger partial charge < -0.3 is 10.5 Å². The highest BCUT2D eigenvalue weighted by Gasteiger charge is 2.24. The van der Waals surface area contributed by atoms with Crippen LogP contribution in [0.4, 0.5) is 4.39 Å². The Morgan fingerprint density at radius 2 is 2.38 bits per heavy atom. The van der Waals surface area contributed by atoms with E-state index in [4.69, 9.17) is 10.5 Å². The van der Waals surface area contributed by atoms with Gasteiger partial charge in [0.25, 0.3) is 0 Å². The average Bonchev–Trinajstić information content (AvgIpc) is 2.81. The molecule has 0 spiro atoms. The van der Waals surface area contributed by atoms with Gasteiger partial charge in [0.15, 0.2) is 11.6 Å². The summed E-state index contributed by atoms with van der Waals surface area (Å²) >= 11 is 1.92. The first kappa shape index (κ1) is 11.7. The minimum absolute atomic E-state index is 0.0598. The molecule has 1 heterocycles. The number of rotatable bonds is 3. The molecule has 0 saturated carbocycles.